The number of nitrogens with one attached hydrogen (secondary N) is 1. The van der Waals surface area contributed by atoms with E-state index in [-0.39, 0.29) is 5.78 Å². The van der Waals surface area contributed by atoms with Crippen LogP contribution in [0.1, 0.15) is 23.0 Å². The van der Waals surface area contributed by atoms with Gasteiger partial charge >= 0.3 is 0 Å². The molecule has 23 heavy (non-hydrogen) atoms. The zero-order chi connectivity index (χ0) is 16.6. The number of aromatic nitrogens is 1. The molecule has 3 rings (SSSR count). The zero-order valence-electron chi connectivity index (χ0n) is 12.7. The van der Waals surface area contributed by atoms with Gasteiger partial charge < -0.3 is 4.98 Å². The topological polar surface area (TPSA) is 32.9 Å². The normalized spacial score (nSPS) is 12.5. The van der Waals surface area contributed by atoms with Crippen molar-refractivity contribution in [3.8, 4) is 0 Å². The summed E-state index contributed by atoms with van der Waals surface area (Å²) >= 11 is 1.22. The molecule has 118 valence electrons. The summed E-state index contributed by atoms with van der Waals surface area (Å²) in [6.45, 7) is 3.64. The lowest BCUT2D eigenvalue weighted by atomic mass is 10.1. The van der Waals surface area contributed by atoms with E-state index in [4.69, 9.17) is 0 Å². The third-order valence-electron chi connectivity index (χ3n) is 3.71. The second-order valence-corrected chi connectivity index (χ2v) is 6.79. The van der Waals surface area contributed by atoms with Gasteiger partial charge in [-0.15, -0.1) is 11.8 Å². The number of carbonyl (C=O) groups is 1. The molecule has 1 N–H and O–H groups in total. The van der Waals surface area contributed by atoms with Gasteiger partial charge in [-0.3, -0.25) is 4.79 Å². The van der Waals surface area contributed by atoms with E-state index >= 15 is 0 Å². The average Bonchev–Trinajstić information content (AvgIpc) is 2.86. The van der Waals surface area contributed by atoms with Crippen LogP contribution in [0.2, 0.25) is 0 Å². The molecule has 0 aliphatic heterocycles. The van der Waals surface area contributed by atoms with E-state index in [1.807, 2.05) is 31.2 Å². The van der Waals surface area contributed by atoms with Crippen molar-refractivity contribution in [2.75, 3.05) is 0 Å². The maximum atomic E-state index is 13.3. The quantitative estimate of drug-likeness (QED) is 0.532. The number of H-pyrrole nitrogens is 1. The van der Waals surface area contributed by atoms with Gasteiger partial charge in [-0.2, -0.15) is 0 Å². The van der Waals surface area contributed by atoms with Crippen LogP contribution >= 0.6 is 11.8 Å². The lowest BCUT2D eigenvalue weighted by Gasteiger charge is -2.11. The maximum absolute atomic E-state index is 13.3. The average molecular weight is 331 g/mol. The van der Waals surface area contributed by atoms with Gasteiger partial charge in [0.25, 0.3) is 0 Å². The summed E-state index contributed by atoms with van der Waals surface area (Å²) in [5, 5.41) is 0.477. The molecule has 2 nitrogen and oxygen atoms in total. The first kappa shape index (κ1) is 15.7. The first-order valence-electron chi connectivity index (χ1n) is 7.20. The fourth-order valence-electron chi connectivity index (χ4n) is 2.61. The molecule has 1 aromatic heterocycles. The van der Waals surface area contributed by atoms with Crippen molar-refractivity contribution >= 4 is 28.4 Å². The molecule has 0 saturated carbocycles. The monoisotopic (exact) mass is 331 g/mol. The number of Topliss-reactive ketones (excluding diaryl/α,β-unsaturated/α-hetero) is 1. The number of hydrogen-bond donors (Lipinski definition) is 1. The van der Waals surface area contributed by atoms with Crippen molar-refractivity contribution in [3.63, 3.8) is 0 Å². The lowest BCUT2D eigenvalue weighted by Crippen LogP contribution is -2.14. The first-order chi connectivity index (χ1) is 11.0. The highest BCUT2D eigenvalue weighted by Gasteiger charge is 2.22. The minimum Gasteiger partial charge on any atom is -0.358 e. The third kappa shape index (κ3) is 3.01. The van der Waals surface area contributed by atoms with E-state index < -0.39 is 16.9 Å². The molecule has 0 saturated heterocycles. The van der Waals surface area contributed by atoms with E-state index in [2.05, 4.69) is 4.98 Å². The number of hydrogen-bond acceptors (Lipinski definition) is 2. The fourth-order valence-corrected chi connectivity index (χ4v) is 3.56. The molecule has 0 fully saturated rings. The Labute approximate surface area is 136 Å². The van der Waals surface area contributed by atoms with Crippen LogP contribution in [0.4, 0.5) is 8.78 Å². The molecular weight excluding hydrogens is 316 g/mol. The van der Waals surface area contributed by atoms with Crippen molar-refractivity contribution in [1.29, 1.82) is 0 Å². The molecule has 3 aromatic rings. The summed E-state index contributed by atoms with van der Waals surface area (Å²) < 4.78 is 26.3. The number of aromatic amines is 1. The standard InChI is InChI=1S/C18H15F2NOS/c1-10-17(13-5-3-4-6-16(13)21-10)18(22)11(2)23-12-7-8-14(19)15(20)9-12/h3-9,11,21H,1-2H3/t11-/m1/s1. The maximum Gasteiger partial charge on any atom is 0.178 e. The minimum atomic E-state index is -0.905. The smallest absolute Gasteiger partial charge is 0.178 e. The highest BCUT2D eigenvalue weighted by molar-refractivity contribution is 8.00. The van der Waals surface area contributed by atoms with Crippen molar-refractivity contribution < 1.29 is 13.6 Å². The summed E-state index contributed by atoms with van der Waals surface area (Å²) in [4.78, 5) is 16.5. The third-order valence-corrected chi connectivity index (χ3v) is 4.81. The SMILES string of the molecule is Cc1[nH]c2ccccc2c1C(=O)[C@@H](C)Sc1ccc(F)c(F)c1. The number of rotatable bonds is 4. The highest BCUT2D eigenvalue weighted by atomic mass is 32.2. The van der Waals surface area contributed by atoms with E-state index in [9.17, 15) is 13.6 Å². The van der Waals surface area contributed by atoms with Crippen molar-refractivity contribution in [3.05, 3.63) is 65.4 Å². The molecule has 1 atom stereocenters. The minimum absolute atomic E-state index is 0.0327. The molecule has 0 spiro atoms. The van der Waals surface area contributed by atoms with Gasteiger partial charge in [0.05, 0.1) is 5.25 Å². The Balaban J connectivity index is 1.89. The van der Waals surface area contributed by atoms with Crippen LogP contribution in [0.3, 0.4) is 0 Å². The van der Waals surface area contributed by atoms with Crippen LogP contribution in [-0.2, 0) is 0 Å². The Hall–Kier alpha value is -2.14. The van der Waals surface area contributed by atoms with E-state index in [1.54, 1.807) is 6.92 Å². The van der Waals surface area contributed by atoms with Crippen molar-refractivity contribution in [2.24, 2.45) is 0 Å². The molecule has 2 aromatic carbocycles. The Morgan fingerprint density at radius 3 is 2.61 bits per heavy atom. The van der Waals surface area contributed by atoms with Crippen LogP contribution < -0.4 is 0 Å². The molecule has 0 unspecified atom stereocenters. The number of aryl methyl sites for hydroxylation is 1. The number of para-hydroxylation sites is 1. The Kier molecular flexibility index (Phi) is 4.22. The Morgan fingerprint density at radius 1 is 1.13 bits per heavy atom. The summed E-state index contributed by atoms with van der Waals surface area (Å²) in [5.41, 5.74) is 2.38. The molecule has 0 radical (unpaired) electrons. The molecule has 0 aliphatic carbocycles. The number of carbonyl (C=O) groups excluding carboxylic acids is 1. The van der Waals surface area contributed by atoms with Crippen LogP contribution in [-0.4, -0.2) is 16.0 Å². The first-order valence-corrected chi connectivity index (χ1v) is 8.08. The van der Waals surface area contributed by atoms with Crippen LogP contribution in [0, 0.1) is 18.6 Å². The fraction of sp³-hybridized carbons (Fsp3) is 0.167. The van der Waals surface area contributed by atoms with Crippen molar-refractivity contribution in [2.45, 2.75) is 24.0 Å². The van der Waals surface area contributed by atoms with E-state index in [0.29, 0.717) is 10.5 Å². The van der Waals surface area contributed by atoms with Crippen molar-refractivity contribution in [1.82, 2.24) is 4.98 Å². The second-order valence-electron chi connectivity index (χ2n) is 5.37. The molecule has 0 aliphatic rings. The molecular formula is C18H15F2NOS. The number of fused-ring (bicyclic) bond motifs is 1. The molecule has 0 bridgehead atoms. The molecule has 1 heterocycles. The summed E-state index contributed by atoms with van der Waals surface area (Å²) in [5.74, 6) is -1.83. The highest BCUT2D eigenvalue weighted by Crippen LogP contribution is 2.30. The van der Waals surface area contributed by atoms with Gasteiger partial charge in [-0.25, -0.2) is 8.78 Å². The molecule has 5 heteroatoms. The number of benzene rings is 2. The van der Waals surface area contributed by atoms with Gasteiger partial charge in [0.15, 0.2) is 17.4 Å². The van der Waals surface area contributed by atoms with Crippen LogP contribution in [0.15, 0.2) is 47.4 Å². The van der Waals surface area contributed by atoms with E-state index in [0.717, 1.165) is 28.7 Å². The summed E-state index contributed by atoms with van der Waals surface area (Å²) in [6.07, 6.45) is 0. The van der Waals surface area contributed by atoms with Gasteiger partial charge in [-0.05, 0) is 38.1 Å². The van der Waals surface area contributed by atoms with Gasteiger partial charge in [-0.1, -0.05) is 18.2 Å². The largest absolute Gasteiger partial charge is 0.358 e. The Morgan fingerprint density at radius 2 is 1.87 bits per heavy atom. The summed E-state index contributed by atoms with van der Waals surface area (Å²) in [7, 11) is 0. The van der Waals surface area contributed by atoms with E-state index in [1.165, 1.54) is 17.8 Å². The Bertz CT molecular complexity index is 888. The predicted molar refractivity (Wildman–Crippen MR) is 89.0 cm³/mol. The zero-order valence-corrected chi connectivity index (χ0v) is 13.5. The van der Waals surface area contributed by atoms with Gasteiger partial charge in [0.1, 0.15) is 0 Å². The second kappa shape index (κ2) is 6.16. The van der Waals surface area contributed by atoms with Gasteiger partial charge in [0, 0.05) is 27.1 Å². The van der Waals surface area contributed by atoms with Crippen LogP contribution in [0.5, 0.6) is 0 Å². The predicted octanol–water partition coefficient (Wildman–Crippen LogP) is 5.12. The number of ketones is 1. The number of thioether (sulfide) groups is 1. The number of halogens is 2. The summed E-state index contributed by atoms with van der Waals surface area (Å²) in [6, 6.07) is 11.3. The van der Waals surface area contributed by atoms with Crippen LogP contribution in [0.25, 0.3) is 10.9 Å². The molecule has 0 amide bonds. The van der Waals surface area contributed by atoms with Gasteiger partial charge in [0.2, 0.25) is 0 Å². The lowest BCUT2D eigenvalue weighted by molar-refractivity contribution is 0.0995.